The van der Waals surface area contributed by atoms with Gasteiger partial charge < -0.3 is 15.8 Å². The lowest BCUT2D eigenvalue weighted by Gasteiger charge is -2.48. The van der Waals surface area contributed by atoms with E-state index in [1.807, 2.05) is 6.92 Å². The van der Waals surface area contributed by atoms with E-state index in [4.69, 9.17) is 10.5 Å². The molecule has 106 valence electrons. The molecule has 4 heteroatoms. The molecule has 0 bridgehead atoms. The van der Waals surface area contributed by atoms with Gasteiger partial charge in [0, 0.05) is 17.1 Å². The van der Waals surface area contributed by atoms with Crippen LogP contribution in [0.15, 0.2) is 0 Å². The second-order valence-corrected chi connectivity index (χ2v) is 6.73. The average molecular weight is 256 g/mol. The van der Waals surface area contributed by atoms with Gasteiger partial charge in [0.1, 0.15) is 0 Å². The van der Waals surface area contributed by atoms with Crippen LogP contribution in [-0.4, -0.2) is 29.7 Å². The minimum atomic E-state index is -0.181. The van der Waals surface area contributed by atoms with E-state index in [0.717, 1.165) is 12.8 Å². The van der Waals surface area contributed by atoms with E-state index < -0.39 is 0 Å². The zero-order valence-electron chi connectivity index (χ0n) is 12.4. The van der Waals surface area contributed by atoms with Crippen molar-refractivity contribution in [3.05, 3.63) is 0 Å². The highest BCUT2D eigenvalue weighted by atomic mass is 16.5. The number of nitrogens with one attached hydrogen (secondary N) is 1. The summed E-state index contributed by atoms with van der Waals surface area (Å²) in [4.78, 5) is 11.5. The van der Waals surface area contributed by atoms with E-state index in [0.29, 0.717) is 18.9 Å². The molecule has 1 aliphatic heterocycles. The molecule has 1 heterocycles. The zero-order chi connectivity index (χ0) is 14.0. The third-order valence-corrected chi connectivity index (χ3v) is 3.53. The molecule has 0 saturated carbocycles. The largest absolute Gasteiger partial charge is 0.466 e. The van der Waals surface area contributed by atoms with Crippen LogP contribution in [0.5, 0.6) is 0 Å². The molecule has 1 aliphatic rings. The van der Waals surface area contributed by atoms with Crippen molar-refractivity contribution in [2.24, 2.45) is 11.7 Å². The summed E-state index contributed by atoms with van der Waals surface area (Å²) in [6.45, 7) is 11.0. The van der Waals surface area contributed by atoms with Gasteiger partial charge >= 0.3 is 5.97 Å². The minimum absolute atomic E-state index is 0.0682. The van der Waals surface area contributed by atoms with Gasteiger partial charge in [-0.3, -0.25) is 4.79 Å². The summed E-state index contributed by atoms with van der Waals surface area (Å²) in [7, 11) is 0. The van der Waals surface area contributed by atoms with Crippen molar-refractivity contribution in [3.8, 4) is 0 Å². The number of ether oxygens (including phenoxy) is 1. The standard InChI is InChI=1S/C14H28N2O2/c1-6-18-12(17)7-11(15)10-8-13(2,3)16-14(4,5)9-10/h10-11,16H,6-9,15H2,1-5H3. The van der Waals surface area contributed by atoms with Crippen LogP contribution in [0, 0.1) is 5.92 Å². The Hall–Kier alpha value is -0.610. The van der Waals surface area contributed by atoms with E-state index in [1.54, 1.807) is 0 Å². The summed E-state index contributed by atoms with van der Waals surface area (Å²) in [6.07, 6.45) is 2.32. The lowest BCUT2D eigenvalue weighted by molar-refractivity contribution is -0.144. The molecular formula is C14H28N2O2. The molecule has 3 N–H and O–H groups in total. The van der Waals surface area contributed by atoms with Crippen molar-refractivity contribution in [1.29, 1.82) is 0 Å². The number of carbonyl (C=O) groups excluding carboxylic acids is 1. The molecule has 0 radical (unpaired) electrons. The van der Waals surface area contributed by atoms with Crippen LogP contribution in [0.3, 0.4) is 0 Å². The number of hydrogen-bond acceptors (Lipinski definition) is 4. The smallest absolute Gasteiger partial charge is 0.307 e. The minimum Gasteiger partial charge on any atom is -0.466 e. The van der Waals surface area contributed by atoms with Gasteiger partial charge in [0.05, 0.1) is 13.0 Å². The molecule has 1 rings (SSSR count). The Labute approximate surface area is 111 Å². The number of piperidine rings is 1. The molecule has 0 aromatic rings. The van der Waals surface area contributed by atoms with Crippen molar-refractivity contribution in [2.75, 3.05) is 6.61 Å². The molecule has 1 fully saturated rings. The van der Waals surface area contributed by atoms with E-state index in [9.17, 15) is 4.79 Å². The molecule has 0 spiro atoms. The lowest BCUT2D eigenvalue weighted by Crippen LogP contribution is -2.60. The molecule has 0 amide bonds. The second-order valence-electron chi connectivity index (χ2n) is 6.73. The molecular weight excluding hydrogens is 228 g/mol. The zero-order valence-corrected chi connectivity index (χ0v) is 12.4. The number of esters is 1. The van der Waals surface area contributed by atoms with Gasteiger partial charge in [-0.15, -0.1) is 0 Å². The molecule has 1 unspecified atom stereocenters. The maximum absolute atomic E-state index is 11.5. The highest BCUT2D eigenvalue weighted by molar-refractivity contribution is 5.70. The summed E-state index contributed by atoms with van der Waals surface area (Å²) in [5, 5.41) is 3.62. The Morgan fingerprint density at radius 1 is 1.33 bits per heavy atom. The number of hydrogen-bond donors (Lipinski definition) is 2. The van der Waals surface area contributed by atoms with Crippen molar-refractivity contribution in [3.63, 3.8) is 0 Å². The summed E-state index contributed by atoms with van der Waals surface area (Å²) in [5.41, 5.74) is 6.33. The Kier molecular flexibility index (Phi) is 4.78. The summed E-state index contributed by atoms with van der Waals surface area (Å²) < 4.78 is 4.97. The van der Waals surface area contributed by atoms with Crippen LogP contribution in [0.2, 0.25) is 0 Å². The fourth-order valence-electron chi connectivity index (χ4n) is 3.28. The number of carbonyl (C=O) groups is 1. The maximum atomic E-state index is 11.5. The molecule has 1 atom stereocenters. The summed E-state index contributed by atoms with van der Waals surface area (Å²) >= 11 is 0. The normalized spacial score (nSPS) is 24.6. The predicted octanol–water partition coefficient (Wildman–Crippen LogP) is 1.82. The van der Waals surface area contributed by atoms with Gasteiger partial charge in [-0.1, -0.05) is 0 Å². The first-order chi connectivity index (χ1) is 8.15. The Balaban J connectivity index is 2.62. The summed E-state index contributed by atoms with van der Waals surface area (Å²) in [6, 6.07) is -0.107. The highest BCUT2D eigenvalue weighted by Gasteiger charge is 2.40. The van der Waals surface area contributed by atoms with Crippen molar-refractivity contribution in [1.82, 2.24) is 5.32 Å². The average Bonchev–Trinajstić information content (AvgIpc) is 2.12. The van der Waals surface area contributed by atoms with Gasteiger partial charge in [0.2, 0.25) is 0 Å². The fraction of sp³-hybridized carbons (Fsp3) is 0.929. The van der Waals surface area contributed by atoms with Gasteiger partial charge in [0.25, 0.3) is 0 Å². The third-order valence-electron chi connectivity index (χ3n) is 3.53. The molecule has 1 saturated heterocycles. The predicted molar refractivity (Wildman–Crippen MR) is 73.2 cm³/mol. The Morgan fingerprint density at radius 3 is 2.28 bits per heavy atom. The van der Waals surface area contributed by atoms with E-state index in [2.05, 4.69) is 33.0 Å². The summed E-state index contributed by atoms with van der Waals surface area (Å²) in [5.74, 6) is 0.180. The van der Waals surface area contributed by atoms with E-state index >= 15 is 0 Å². The van der Waals surface area contributed by atoms with E-state index in [-0.39, 0.29) is 23.1 Å². The van der Waals surface area contributed by atoms with Crippen LogP contribution in [0.25, 0.3) is 0 Å². The third kappa shape index (κ3) is 4.58. The van der Waals surface area contributed by atoms with Crippen LogP contribution < -0.4 is 11.1 Å². The molecule has 0 aliphatic carbocycles. The van der Waals surface area contributed by atoms with Crippen LogP contribution in [-0.2, 0) is 9.53 Å². The fourth-order valence-corrected chi connectivity index (χ4v) is 3.28. The van der Waals surface area contributed by atoms with Gasteiger partial charge in [0.15, 0.2) is 0 Å². The SMILES string of the molecule is CCOC(=O)CC(N)C1CC(C)(C)NC(C)(C)C1. The Morgan fingerprint density at radius 2 is 1.83 bits per heavy atom. The van der Waals surface area contributed by atoms with Crippen molar-refractivity contribution in [2.45, 2.75) is 71.0 Å². The van der Waals surface area contributed by atoms with Gasteiger partial charge in [-0.2, -0.15) is 0 Å². The molecule has 4 nitrogen and oxygen atoms in total. The Bertz CT molecular complexity index is 284. The van der Waals surface area contributed by atoms with Crippen LogP contribution >= 0.6 is 0 Å². The molecule has 0 aromatic carbocycles. The first-order valence-electron chi connectivity index (χ1n) is 6.86. The maximum Gasteiger partial charge on any atom is 0.307 e. The first kappa shape index (κ1) is 15.4. The lowest BCUT2D eigenvalue weighted by atomic mass is 9.72. The van der Waals surface area contributed by atoms with Crippen molar-refractivity contribution >= 4 is 5.97 Å². The highest BCUT2D eigenvalue weighted by Crippen LogP contribution is 2.34. The van der Waals surface area contributed by atoms with Crippen LogP contribution in [0.4, 0.5) is 0 Å². The van der Waals surface area contributed by atoms with E-state index in [1.165, 1.54) is 0 Å². The van der Waals surface area contributed by atoms with Gasteiger partial charge in [-0.25, -0.2) is 0 Å². The number of rotatable bonds is 4. The topological polar surface area (TPSA) is 64.3 Å². The second kappa shape index (κ2) is 5.57. The van der Waals surface area contributed by atoms with Crippen molar-refractivity contribution < 1.29 is 9.53 Å². The molecule has 0 aromatic heterocycles. The number of nitrogens with two attached hydrogens (primary N) is 1. The van der Waals surface area contributed by atoms with Crippen LogP contribution in [0.1, 0.15) is 53.9 Å². The molecule has 18 heavy (non-hydrogen) atoms. The van der Waals surface area contributed by atoms with Gasteiger partial charge in [-0.05, 0) is 53.4 Å². The first-order valence-corrected chi connectivity index (χ1v) is 6.86. The quantitative estimate of drug-likeness (QED) is 0.753. The monoisotopic (exact) mass is 256 g/mol.